The Hall–Kier alpha value is -2.01. The van der Waals surface area contributed by atoms with Crippen LogP contribution in [0, 0.1) is 0 Å². The summed E-state index contributed by atoms with van der Waals surface area (Å²) in [6.45, 7) is 0.388. The number of esters is 1. The fourth-order valence-electron chi connectivity index (χ4n) is 2.93. The van der Waals surface area contributed by atoms with Gasteiger partial charge in [0.05, 0.1) is 11.3 Å². The van der Waals surface area contributed by atoms with E-state index < -0.39 is 0 Å². The minimum Gasteiger partial charge on any atom is -0.487 e. The first-order valence-electron chi connectivity index (χ1n) is 8.59. The van der Waals surface area contributed by atoms with Crippen LogP contribution < -0.4 is 10.5 Å². The van der Waals surface area contributed by atoms with Crippen LogP contribution in [0.5, 0.6) is 5.75 Å². The van der Waals surface area contributed by atoms with Crippen LogP contribution in [0.1, 0.15) is 48.0 Å². The number of nitrogens with two attached hydrogens (primary N) is 1. The van der Waals surface area contributed by atoms with E-state index in [9.17, 15) is 4.79 Å². The van der Waals surface area contributed by atoms with E-state index >= 15 is 0 Å². The van der Waals surface area contributed by atoms with E-state index in [1.165, 1.54) is 6.42 Å². The van der Waals surface area contributed by atoms with Crippen LogP contribution in [0.25, 0.3) is 0 Å². The Kier molecular flexibility index (Phi) is 5.97. The van der Waals surface area contributed by atoms with Crippen molar-refractivity contribution in [1.82, 2.24) is 0 Å². The zero-order chi connectivity index (χ0) is 17.6. The van der Waals surface area contributed by atoms with Gasteiger partial charge in [-0.05, 0) is 61.6 Å². The number of nitrogen functional groups attached to an aromatic ring is 1. The Balaban J connectivity index is 1.64. The summed E-state index contributed by atoms with van der Waals surface area (Å²) in [5.74, 6) is 0.196. The van der Waals surface area contributed by atoms with Crippen molar-refractivity contribution >= 4 is 27.6 Å². The number of benzene rings is 2. The monoisotopic (exact) mass is 403 g/mol. The lowest BCUT2D eigenvalue weighted by atomic mass is 9.98. The molecule has 2 aromatic rings. The van der Waals surface area contributed by atoms with Gasteiger partial charge in [-0.2, -0.15) is 0 Å². The average molecular weight is 404 g/mol. The number of carbonyl (C=O) groups is 1. The summed E-state index contributed by atoms with van der Waals surface area (Å²) in [6.07, 6.45) is 5.42. The number of hydrogen-bond donors (Lipinski definition) is 1. The summed E-state index contributed by atoms with van der Waals surface area (Å²) >= 11 is 3.41. The smallest absolute Gasteiger partial charge is 0.338 e. The van der Waals surface area contributed by atoms with Gasteiger partial charge in [-0.3, -0.25) is 0 Å². The zero-order valence-electron chi connectivity index (χ0n) is 14.0. The highest BCUT2D eigenvalue weighted by molar-refractivity contribution is 9.10. The van der Waals surface area contributed by atoms with Crippen molar-refractivity contribution in [3.8, 4) is 5.75 Å². The number of hydrogen-bond acceptors (Lipinski definition) is 4. The first kappa shape index (κ1) is 17.8. The van der Waals surface area contributed by atoms with E-state index in [0.717, 1.165) is 35.7 Å². The fourth-order valence-corrected chi connectivity index (χ4v) is 3.19. The summed E-state index contributed by atoms with van der Waals surface area (Å²) in [5.41, 5.74) is 7.99. The van der Waals surface area contributed by atoms with Gasteiger partial charge >= 0.3 is 5.97 Å². The molecule has 0 aliphatic heterocycles. The Bertz CT molecular complexity index is 724. The van der Waals surface area contributed by atoms with Crippen LogP contribution in [0.4, 0.5) is 5.69 Å². The highest BCUT2D eigenvalue weighted by Crippen LogP contribution is 2.26. The molecule has 0 atom stereocenters. The van der Waals surface area contributed by atoms with Crippen molar-refractivity contribution in [3.05, 3.63) is 58.1 Å². The van der Waals surface area contributed by atoms with Crippen LogP contribution in [-0.2, 0) is 11.3 Å². The molecule has 132 valence electrons. The van der Waals surface area contributed by atoms with E-state index in [0.29, 0.717) is 23.6 Å². The van der Waals surface area contributed by atoms with E-state index in [1.54, 1.807) is 18.2 Å². The van der Waals surface area contributed by atoms with E-state index in [2.05, 4.69) is 15.9 Å². The van der Waals surface area contributed by atoms with Crippen molar-refractivity contribution < 1.29 is 14.3 Å². The van der Waals surface area contributed by atoms with Gasteiger partial charge in [-0.15, -0.1) is 0 Å². The molecule has 4 nitrogen and oxygen atoms in total. The number of rotatable bonds is 5. The Morgan fingerprint density at radius 1 is 1.08 bits per heavy atom. The zero-order valence-corrected chi connectivity index (χ0v) is 15.6. The predicted molar refractivity (Wildman–Crippen MR) is 102 cm³/mol. The molecule has 0 saturated heterocycles. The van der Waals surface area contributed by atoms with Crippen LogP contribution in [0.3, 0.4) is 0 Å². The van der Waals surface area contributed by atoms with Gasteiger partial charge in [0.25, 0.3) is 0 Å². The molecule has 2 aromatic carbocycles. The third-order valence-corrected chi connectivity index (χ3v) is 4.91. The van der Waals surface area contributed by atoms with Gasteiger partial charge < -0.3 is 15.2 Å². The lowest BCUT2D eigenvalue weighted by Gasteiger charge is -2.22. The largest absolute Gasteiger partial charge is 0.487 e. The summed E-state index contributed by atoms with van der Waals surface area (Å²) in [5, 5.41) is 0. The molecule has 1 aliphatic carbocycles. The molecule has 2 N–H and O–H groups in total. The van der Waals surface area contributed by atoms with Crippen molar-refractivity contribution in [2.75, 3.05) is 5.73 Å². The van der Waals surface area contributed by atoms with Gasteiger partial charge in [-0.25, -0.2) is 4.79 Å². The van der Waals surface area contributed by atoms with E-state index in [-0.39, 0.29) is 12.1 Å². The third-order valence-electron chi connectivity index (χ3n) is 4.38. The van der Waals surface area contributed by atoms with Crippen LogP contribution >= 0.6 is 15.9 Å². The fraction of sp³-hybridized carbons (Fsp3) is 0.350. The van der Waals surface area contributed by atoms with E-state index in [4.69, 9.17) is 15.2 Å². The topological polar surface area (TPSA) is 61.6 Å². The van der Waals surface area contributed by atoms with Crippen molar-refractivity contribution in [2.45, 2.75) is 44.8 Å². The molecule has 0 bridgehead atoms. The second-order valence-corrected chi connectivity index (χ2v) is 7.25. The minimum atomic E-state index is -0.305. The summed E-state index contributed by atoms with van der Waals surface area (Å²) < 4.78 is 12.4. The first-order chi connectivity index (χ1) is 12.1. The highest BCUT2D eigenvalue weighted by atomic mass is 79.9. The quantitative estimate of drug-likeness (QED) is 0.557. The van der Waals surface area contributed by atoms with Gasteiger partial charge in [0, 0.05) is 4.47 Å². The number of anilines is 1. The molecule has 0 aromatic heterocycles. The predicted octanol–water partition coefficient (Wildman–Crippen LogP) is 5.10. The maximum absolute atomic E-state index is 12.4. The first-order valence-corrected chi connectivity index (χ1v) is 9.39. The van der Waals surface area contributed by atoms with Gasteiger partial charge in [0.2, 0.25) is 0 Å². The Labute approximate surface area is 156 Å². The normalized spacial score (nSPS) is 14.9. The SMILES string of the molecule is Nc1ccc(C(=O)OC2CCCCC2)cc1OCc1ccc(Br)cc1. The molecule has 0 spiro atoms. The van der Waals surface area contributed by atoms with Crippen LogP contribution in [-0.4, -0.2) is 12.1 Å². The molecule has 0 radical (unpaired) electrons. The van der Waals surface area contributed by atoms with Crippen molar-refractivity contribution in [3.63, 3.8) is 0 Å². The lowest BCUT2D eigenvalue weighted by molar-refractivity contribution is 0.0211. The second-order valence-electron chi connectivity index (χ2n) is 6.33. The van der Waals surface area contributed by atoms with E-state index in [1.807, 2.05) is 24.3 Å². The Morgan fingerprint density at radius 2 is 1.80 bits per heavy atom. The minimum absolute atomic E-state index is 0.0333. The molecule has 5 heteroatoms. The third kappa shape index (κ3) is 4.98. The number of halogens is 1. The van der Waals surface area contributed by atoms with Crippen molar-refractivity contribution in [1.29, 1.82) is 0 Å². The molecule has 0 amide bonds. The molecule has 0 heterocycles. The molecule has 25 heavy (non-hydrogen) atoms. The molecule has 3 rings (SSSR count). The number of carbonyl (C=O) groups excluding carboxylic acids is 1. The Morgan fingerprint density at radius 3 is 2.52 bits per heavy atom. The maximum atomic E-state index is 12.4. The molecule has 1 fully saturated rings. The standard InChI is InChI=1S/C20H22BrNO3/c21-16-9-6-14(7-10-16)13-24-19-12-15(8-11-18(19)22)20(23)25-17-4-2-1-3-5-17/h6-12,17H,1-5,13,22H2. The van der Waals surface area contributed by atoms with Gasteiger partial charge in [-0.1, -0.05) is 34.5 Å². The van der Waals surface area contributed by atoms with Crippen molar-refractivity contribution in [2.24, 2.45) is 0 Å². The lowest BCUT2D eigenvalue weighted by Crippen LogP contribution is -2.21. The van der Waals surface area contributed by atoms with Gasteiger partial charge in [0.1, 0.15) is 18.5 Å². The molecular formula is C20H22BrNO3. The summed E-state index contributed by atoms with van der Waals surface area (Å²) in [4.78, 5) is 12.4. The average Bonchev–Trinajstić information content (AvgIpc) is 2.63. The van der Waals surface area contributed by atoms with Crippen LogP contribution in [0.2, 0.25) is 0 Å². The van der Waals surface area contributed by atoms with Gasteiger partial charge in [0.15, 0.2) is 0 Å². The molecule has 1 saturated carbocycles. The van der Waals surface area contributed by atoms with Crippen LogP contribution in [0.15, 0.2) is 46.9 Å². The maximum Gasteiger partial charge on any atom is 0.338 e. The second kappa shape index (κ2) is 8.39. The summed E-state index contributed by atoms with van der Waals surface area (Å²) in [7, 11) is 0. The summed E-state index contributed by atoms with van der Waals surface area (Å²) in [6, 6.07) is 12.9. The molecular weight excluding hydrogens is 382 g/mol. The number of ether oxygens (including phenoxy) is 2. The molecule has 1 aliphatic rings. The highest BCUT2D eigenvalue weighted by Gasteiger charge is 2.19. The molecule has 0 unspecified atom stereocenters.